The number of para-hydroxylation sites is 2. The zero-order valence-corrected chi connectivity index (χ0v) is 17.8. The number of hydrogen-bond acceptors (Lipinski definition) is 7. The van der Waals surface area contributed by atoms with Crippen molar-refractivity contribution in [2.45, 2.75) is 12.1 Å². The fraction of sp³-hybridized carbons (Fsp3) is 0.136. The summed E-state index contributed by atoms with van der Waals surface area (Å²) >= 11 is 1.29. The maximum absolute atomic E-state index is 12.6. The molecule has 9 heteroatoms. The molecule has 0 radical (unpaired) electrons. The first-order valence-electron chi connectivity index (χ1n) is 9.50. The van der Waals surface area contributed by atoms with E-state index >= 15 is 0 Å². The fourth-order valence-corrected chi connectivity index (χ4v) is 3.69. The lowest BCUT2D eigenvalue weighted by Crippen LogP contribution is -2.15. The number of aryl methyl sites for hydroxylation is 1. The van der Waals surface area contributed by atoms with Crippen LogP contribution in [0.3, 0.4) is 0 Å². The van der Waals surface area contributed by atoms with E-state index in [9.17, 15) is 4.79 Å². The highest BCUT2D eigenvalue weighted by Crippen LogP contribution is 2.28. The number of carbonyl (C=O) groups is 1. The lowest BCUT2D eigenvalue weighted by Gasteiger charge is -2.11. The summed E-state index contributed by atoms with van der Waals surface area (Å²) in [6.07, 6.45) is 4.85. The summed E-state index contributed by atoms with van der Waals surface area (Å²) < 4.78 is 7.17. The van der Waals surface area contributed by atoms with Crippen LogP contribution in [0.4, 0.5) is 5.69 Å². The van der Waals surface area contributed by atoms with Gasteiger partial charge < -0.3 is 10.1 Å². The first-order chi connectivity index (χ1) is 15.2. The van der Waals surface area contributed by atoms with Crippen LogP contribution in [0.25, 0.3) is 17.2 Å². The van der Waals surface area contributed by atoms with E-state index < -0.39 is 0 Å². The van der Waals surface area contributed by atoms with Gasteiger partial charge in [-0.15, -0.1) is 10.2 Å². The minimum atomic E-state index is -0.172. The number of nitrogens with zero attached hydrogens (tertiary/aromatic N) is 5. The maximum Gasteiger partial charge on any atom is 0.234 e. The Morgan fingerprint density at radius 2 is 1.90 bits per heavy atom. The summed E-state index contributed by atoms with van der Waals surface area (Å²) in [4.78, 5) is 21.0. The van der Waals surface area contributed by atoms with Crippen LogP contribution in [0.15, 0.2) is 72.3 Å². The van der Waals surface area contributed by atoms with E-state index in [1.165, 1.54) is 11.8 Å². The number of thioether (sulfide) groups is 1. The van der Waals surface area contributed by atoms with Gasteiger partial charge in [0.2, 0.25) is 5.91 Å². The SMILES string of the molecule is COc1ccccc1NC(=O)CSc1nnc(-c2cnccn2)n1-c1ccc(C)cc1. The van der Waals surface area contributed by atoms with Crippen molar-refractivity contribution < 1.29 is 9.53 Å². The van der Waals surface area contributed by atoms with Crippen LogP contribution in [-0.2, 0) is 4.79 Å². The third kappa shape index (κ3) is 4.72. The molecule has 156 valence electrons. The molecule has 0 aliphatic heterocycles. The van der Waals surface area contributed by atoms with Crippen molar-refractivity contribution in [1.82, 2.24) is 24.7 Å². The molecule has 0 spiro atoms. The number of hydrogen-bond donors (Lipinski definition) is 1. The molecule has 2 heterocycles. The monoisotopic (exact) mass is 432 g/mol. The van der Waals surface area contributed by atoms with Crippen molar-refractivity contribution in [3.05, 3.63) is 72.7 Å². The number of amides is 1. The summed E-state index contributed by atoms with van der Waals surface area (Å²) in [6.45, 7) is 2.03. The van der Waals surface area contributed by atoms with Gasteiger partial charge in [0.15, 0.2) is 11.0 Å². The molecule has 4 rings (SSSR count). The molecular weight excluding hydrogens is 412 g/mol. The number of ether oxygens (including phenoxy) is 1. The minimum absolute atomic E-state index is 0.155. The average Bonchev–Trinajstić information content (AvgIpc) is 3.23. The molecule has 1 amide bonds. The molecule has 0 bridgehead atoms. The van der Waals surface area contributed by atoms with Gasteiger partial charge >= 0.3 is 0 Å². The number of methoxy groups -OCH3 is 1. The number of anilines is 1. The zero-order chi connectivity index (χ0) is 21.6. The first-order valence-corrected chi connectivity index (χ1v) is 10.5. The molecule has 0 unspecified atom stereocenters. The third-order valence-corrected chi connectivity index (χ3v) is 5.36. The molecule has 4 aromatic rings. The Morgan fingerprint density at radius 3 is 2.65 bits per heavy atom. The molecule has 0 fully saturated rings. The molecule has 2 aromatic heterocycles. The van der Waals surface area contributed by atoms with Crippen LogP contribution in [0.5, 0.6) is 5.75 Å². The normalized spacial score (nSPS) is 10.6. The van der Waals surface area contributed by atoms with Crippen molar-refractivity contribution in [2.24, 2.45) is 0 Å². The molecule has 31 heavy (non-hydrogen) atoms. The van der Waals surface area contributed by atoms with E-state index in [2.05, 4.69) is 25.5 Å². The third-order valence-electron chi connectivity index (χ3n) is 4.43. The van der Waals surface area contributed by atoms with E-state index in [1.54, 1.807) is 37.8 Å². The van der Waals surface area contributed by atoms with Crippen LogP contribution in [-0.4, -0.2) is 43.5 Å². The first kappa shape index (κ1) is 20.5. The molecule has 0 aliphatic carbocycles. The highest BCUT2D eigenvalue weighted by Gasteiger charge is 2.18. The molecule has 0 saturated heterocycles. The Balaban J connectivity index is 1.59. The predicted molar refractivity (Wildman–Crippen MR) is 119 cm³/mol. The minimum Gasteiger partial charge on any atom is -0.495 e. The van der Waals surface area contributed by atoms with Crippen molar-refractivity contribution in [3.8, 4) is 23.0 Å². The summed E-state index contributed by atoms with van der Waals surface area (Å²) in [5.41, 5.74) is 3.24. The largest absolute Gasteiger partial charge is 0.495 e. The van der Waals surface area contributed by atoms with Gasteiger partial charge in [-0.2, -0.15) is 0 Å². The number of benzene rings is 2. The Bertz CT molecular complexity index is 1180. The van der Waals surface area contributed by atoms with Gasteiger partial charge in [-0.3, -0.25) is 14.3 Å². The average molecular weight is 433 g/mol. The van der Waals surface area contributed by atoms with E-state index in [1.807, 2.05) is 47.9 Å². The van der Waals surface area contributed by atoms with E-state index in [4.69, 9.17) is 4.74 Å². The van der Waals surface area contributed by atoms with Gasteiger partial charge in [-0.1, -0.05) is 41.6 Å². The highest BCUT2D eigenvalue weighted by atomic mass is 32.2. The number of carbonyl (C=O) groups excluding carboxylic acids is 1. The summed E-state index contributed by atoms with van der Waals surface area (Å²) in [5, 5.41) is 12.1. The lowest BCUT2D eigenvalue weighted by atomic mass is 10.2. The summed E-state index contributed by atoms with van der Waals surface area (Å²) in [5.74, 6) is 1.15. The molecule has 8 nitrogen and oxygen atoms in total. The van der Waals surface area contributed by atoms with E-state index in [0.717, 1.165) is 11.3 Å². The standard InChI is InChI=1S/C22H20N6O2S/c1-15-7-9-16(10-8-15)28-21(18-13-23-11-12-24-18)26-27-22(28)31-14-20(29)25-17-5-3-4-6-19(17)30-2/h3-13H,14H2,1-2H3,(H,25,29). The van der Waals surface area contributed by atoms with Gasteiger partial charge in [-0.05, 0) is 31.2 Å². The second-order valence-electron chi connectivity index (χ2n) is 6.60. The van der Waals surface area contributed by atoms with E-state index in [0.29, 0.717) is 28.1 Å². The molecule has 2 aromatic carbocycles. The molecule has 0 atom stereocenters. The van der Waals surface area contributed by atoms with Crippen LogP contribution in [0, 0.1) is 6.92 Å². The lowest BCUT2D eigenvalue weighted by molar-refractivity contribution is -0.113. The Kier molecular flexibility index (Phi) is 6.23. The van der Waals surface area contributed by atoms with Crippen LogP contribution in [0.1, 0.15) is 5.56 Å². The second kappa shape index (κ2) is 9.40. The van der Waals surface area contributed by atoms with Crippen molar-refractivity contribution in [2.75, 3.05) is 18.2 Å². The molecule has 0 saturated carbocycles. The topological polar surface area (TPSA) is 94.8 Å². The second-order valence-corrected chi connectivity index (χ2v) is 7.55. The number of rotatable bonds is 7. The summed E-state index contributed by atoms with van der Waals surface area (Å²) in [6, 6.07) is 15.3. The van der Waals surface area contributed by atoms with Crippen LogP contribution < -0.4 is 10.1 Å². The Hall–Kier alpha value is -3.72. The van der Waals surface area contributed by atoms with Crippen LogP contribution >= 0.6 is 11.8 Å². The zero-order valence-electron chi connectivity index (χ0n) is 17.0. The van der Waals surface area contributed by atoms with E-state index in [-0.39, 0.29) is 11.7 Å². The smallest absolute Gasteiger partial charge is 0.234 e. The van der Waals surface area contributed by atoms with Gasteiger partial charge in [0.1, 0.15) is 11.4 Å². The van der Waals surface area contributed by atoms with Crippen molar-refractivity contribution in [1.29, 1.82) is 0 Å². The summed E-state index contributed by atoms with van der Waals surface area (Å²) in [7, 11) is 1.57. The quantitative estimate of drug-likeness (QED) is 0.444. The number of nitrogens with one attached hydrogen (secondary N) is 1. The Labute approximate surface area is 183 Å². The van der Waals surface area contributed by atoms with Crippen LogP contribution in [0.2, 0.25) is 0 Å². The van der Waals surface area contributed by atoms with Crippen molar-refractivity contribution in [3.63, 3.8) is 0 Å². The Morgan fingerprint density at radius 1 is 1.10 bits per heavy atom. The highest BCUT2D eigenvalue weighted by molar-refractivity contribution is 7.99. The molecule has 1 N–H and O–H groups in total. The fourth-order valence-electron chi connectivity index (χ4n) is 2.93. The maximum atomic E-state index is 12.6. The van der Waals surface area contributed by atoms with Gasteiger partial charge in [0, 0.05) is 18.1 Å². The molecule has 0 aliphatic rings. The van der Waals surface area contributed by atoms with Gasteiger partial charge in [0.25, 0.3) is 0 Å². The molecular formula is C22H20N6O2S. The predicted octanol–water partition coefficient (Wildman–Crippen LogP) is 3.77. The van der Waals surface area contributed by atoms with Gasteiger partial charge in [-0.25, -0.2) is 4.98 Å². The number of aromatic nitrogens is 5. The van der Waals surface area contributed by atoms with Gasteiger partial charge in [0.05, 0.1) is 24.7 Å². The van der Waals surface area contributed by atoms with Crippen molar-refractivity contribution >= 4 is 23.4 Å².